The van der Waals surface area contributed by atoms with Gasteiger partial charge in [-0.15, -0.1) is 11.8 Å². The molecule has 0 saturated heterocycles. The number of Topliss-reactive ketones (excluding diaryl/α,β-unsaturated/α-hetero) is 2. The van der Waals surface area contributed by atoms with Crippen molar-refractivity contribution in [2.75, 3.05) is 5.75 Å². The van der Waals surface area contributed by atoms with Gasteiger partial charge in [-0.25, -0.2) is 0 Å². The van der Waals surface area contributed by atoms with E-state index in [0.717, 1.165) is 29.7 Å². The Labute approximate surface area is 129 Å². The highest BCUT2D eigenvalue weighted by molar-refractivity contribution is 7.99. The van der Waals surface area contributed by atoms with Gasteiger partial charge in [0.15, 0.2) is 5.78 Å². The number of thioether (sulfide) groups is 1. The number of ketones is 2. The van der Waals surface area contributed by atoms with Crippen molar-refractivity contribution in [1.29, 1.82) is 0 Å². The van der Waals surface area contributed by atoms with E-state index in [1.807, 2.05) is 12.1 Å². The van der Waals surface area contributed by atoms with Crippen LogP contribution in [-0.4, -0.2) is 25.2 Å². The van der Waals surface area contributed by atoms with Crippen molar-refractivity contribution in [3.63, 3.8) is 0 Å². The molecule has 1 radical (unpaired) electrons. The van der Waals surface area contributed by atoms with Crippen molar-refractivity contribution >= 4 is 31.2 Å². The fraction of sp³-hybridized carbons (Fsp3) is 0.467. The van der Waals surface area contributed by atoms with Crippen LogP contribution in [-0.2, 0) is 11.2 Å². The first-order chi connectivity index (χ1) is 10.0. The van der Waals surface area contributed by atoms with Gasteiger partial charge in [-0.3, -0.25) is 18.2 Å². The summed E-state index contributed by atoms with van der Waals surface area (Å²) >= 11 is 1.62. The molecule has 1 aliphatic rings. The van der Waals surface area contributed by atoms with E-state index in [1.54, 1.807) is 11.8 Å². The minimum absolute atomic E-state index is 0.00889. The number of fused-ring (bicyclic) bond motifs is 1. The second-order valence-corrected chi connectivity index (χ2v) is 5.92. The lowest BCUT2D eigenvalue weighted by Crippen LogP contribution is -2.28. The fourth-order valence-corrected chi connectivity index (χ4v) is 3.38. The Morgan fingerprint density at radius 1 is 1.43 bits per heavy atom. The third kappa shape index (κ3) is 4.95. The van der Waals surface area contributed by atoms with E-state index in [0.29, 0.717) is 5.75 Å². The maximum atomic E-state index is 12.3. The van der Waals surface area contributed by atoms with Crippen LogP contribution in [0.15, 0.2) is 23.1 Å². The summed E-state index contributed by atoms with van der Waals surface area (Å²) in [6.07, 6.45) is 3.29. The lowest BCUT2D eigenvalue weighted by molar-refractivity contribution is -0.118. The molecular weight excluding hydrogens is 293 g/mol. The highest BCUT2D eigenvalue weighted by Crippen LogP contribution is 2.34. The van der Waals surface area contributed by atoms with Crippen molar-refractivity contribution in [3.8, 4) is 0 Å². The Morgan fingerprint density at radius 3 is 2.67 bits per heavy atom. The molecule has 0 fully saturated rings. The van der Waals surface area contributed by atoms with Crippen LogP contribution in [0.2, 0.25) is 0 Å². The summed E-state index contributed by atoms with van der Waals surface area (Å²) in [5.41, 5.74) is 1.95. The predicted octanol–water partition coefficient (Wildman–Crippen LogP) is 3.98. The average Bonchev–Trinajstić information content (AvgIpc) is 2.46. The first kappa shape index (κ1) is 17.9. The lowest BCUT2D eigenvalue weighted by Gasteiger charge is -2.21. The number of carbonyl (C=O) groups excluding carboxylic acids is 2. The first-order valence-electron chi connectivity index (χ1n) is 6.87. The van der Waals surface area contributed by atoms with Gasteiger partial charge in [-0.1, -0.05) is 19.4 Å². The summed E-state index contributed by atoms with van der Waals surface area (Å²) in [5.74, 6) is 0.144. The number of aryl methyl sites for hydroxylation is 1. The van der Waals surface area contributed by atoms with E-state index in [2.05, 4.69) is 13.0 Å². The second kappa shape index (κ2) is 8.98. The van der Waals surface area contributed by atoms with E-state index in [9.17, 15) is 18.2 Å². The molecule has 1 heterocycles. The van der Waals surface area contributed by atoms with Gasteiger partial charge >= 0.3 is 7.83 Å². The maximum Gasteiger partial charge on any atom is 0.577 e. The van der Waals surface area contributed by atoms with Gasteiger partial charge in [-0.05, 0) is 37.5 Å². The summed E-state index contributed by atoms with van der Waals surface area (Å²) in [7, 11) is -1.00. The summed E-state index contributed by atoms with van der Waals surface area (Å²) in [6.45, 7) is 3.67. The number of hydrogen-bond donors (Lipinski definition) is 0. The Balaban J connectivity index is 0.000000677. The maximum absolute atomic E-state index is 12.3. The van der Waals surface area contributed by atoms with E-state index in [4.69, 9.17) is 0 Å². The molecule has 1 unspecified atom stereocenters. The van der Waals surface area contributed by atoms with Crippen LogP contribution in [0, 0.1) is 5.92 Å². The standard InChI is InChI=1S/C15H18O2S.BF2/c1-3-4-5-11-6-7-14-12(8-11)15(17)13(9-18-14)10(2)16;2-1-3/h6-8,13H,3-5,9H2,1-2H3;. The number of benzene rings is 1. The molecular formula is C15H18BF2O2S. The zero-order valence-corrected chi connectivity index (χ0v) is 13.0. The Bertz CT molecular complexity index is 508. The molecule has 113 valence electrons. The van der Waals surface area contributed by atoms with Crippen molar-refractivity contribution in [1.82, 2.24) is 0 Å². The van der Waals surface area contributed by atoms with Crippen LogP contribution in [0.5, 0.6) is 0 Å². The summed E-state index contributed by atoms with van der Waals surface area (Å²) in [4.78, 5) is 24.7. The van der Waals surface area contributed by atoms with Crippen LogP contribution in [0.25, 0.3) is 0 Å². The molecule has 0 saturated carbocycles. The van der Waals surface area contributed by atoms with Crippen LogP contribution in [0.4, 0.5) is 8.63 Å². The molecule has 0 aromatic heterocycles. The number of hydrogen-bond acceptors (Lipinski definition) is 3. The van der Waals surface area contributed by atoms with Crippen LogP contribution < -0.4 is 0 Å². The molecule has 0 amide bonds. The molecule has 6 heteroatoms. The largest absolute Gasteiger partial charge is 0.577 e. The average molecular weight is 311 g/mol. The van der Waals surface area contributed by atoms with Gasteiger partial charge in [0.2, 0.25) is 0 Å². The number of carbonyl (C=O) groups is 2. The Kier molecular flexibility index (Phi) is 7.64. The zero-order chi connectivity index (χ0) is 15.8. The van der Waals surface area contributed by atoms with Gasteiger partial charge in [0.1, 0.15) is 5.78 Å². The van der Waals surface area contributed by atoms with Gasteiger partial charge in [0.25, 0.3) is 0 Å². The monoisotopic (exact) mass is 311 g/mol. The minimum atomic E-state index is -1.00. The van der Waals surface area contributed by atoms with Crippen LogP contribution in [0.3, 0.4) is 0 Å². The third-order valence-corrected chi connectivity index (χ3v) is 4.51. The van der Waals surface area contributed by atoms with E-state index >= 15 is 0 Å². The van der Waals surface area contributed by atoms with E-state index < -0.39 is 13.8 Å². The normalized spacial score (nSPS) is 16.6. The van der Waals surface area contributed by atoms with Crippen molar-refractivity contribution in [2.45, 2.75) is 38.0 Å². The Morgan fingerprint density at radius 2 is 2.10 bits per heavy atom. The van der Waals surface area contributed by atoms with E-state index in [1.165, 1.54) is 12.5 Å². The molecule has 0 aliphatic carbocycles. The number of halogens is 2. The molecule has 21 heavy (non-hydrogen) atoms. The smallest absolute Gasteiger partial charge is 0.299 e. The summed E-state index contributed by atoms with van der Waals surface area (Å²) < 4.78 is 19.0. The molecule has 1 atom stereocenters. The Hall–Kier alpha value is -1.17. The SMILES string of the molecule is CCCCc1ccc2c(c1)C(=O)C(C(C)=O)CS2.F[B]F. The molecule has 0 bridgehead atoms. The molecule has 2 rings (SSSR count). The first-order valence-corrected chi connectivity index (χ1v) is 7.86. The molecule has 1 aromatic rings. The summed E-state index contributed by atoms with van der Waals surface area (Å²) in [5, 5.41) is 0. The number of unbranched alkanes of at least 4 members (excludes halogenated alkanes) is 1. The third-order valence-electron chi connectivity index (χ3n) is 3.34. The zero-order valence-electron chi connectivity index (χ0n) is 12.2. The molecule has 1 aromatic carbocycles. The highest BCUT2D eigenvalue weighted by Gasteiger charge is 2.31. The highest BCUT2D eigenvalue weighted by atomic mass is 32.2. The predicted molar refractivity (Wildman–Crippen MR) is 82.2 cm³/mol. The van der Waals surface area contributed by atoms with Crippen molar-refractivity contribution < 1.29 is 18.2 Å². The fourth-order valence-electron chi connectivity index (χ4n) is 2.17. The van der Waals surface area contributed by atoms with Crippen LogP contribution in [0.1, 0.15) is 42.6 Å². The molecule has 0 spiro atoms. The van der Waals surface area contributed by atoms with Gasteiger partial charge in [0.05, 0.1) is 5.92 Å². The minimum Gasteiger partial charge on any atom is -0.299 e. The lowest BCUT2D eigenvalue weighted by atomic mass is 9.93. The van der Waals surface area contributed by atoms with Gasteiger partial charge < -0.3 is 0 Å². The van der Waals surface area contributed by atoms with Gasteiger partial charge in [0, 0.05) is 16.2 Å². The van der Waals surface area contributed by atoms with Crippen molar-refractivity contribution in [2.24, 2.45) is 5.92 Å². The molecule has 2 nitrogen and oxygen atoms in total. The van der Waals surface area contributed by atoms with Crippen LogP contribution >= 0.6 is 11.8 Å². The quantitative estimate of drug-likeness (QED) is 0.623. The van der Waals surface area contributed by atoms with E-state index in [-0.39, 0.29) is 11.6 Å². The second-order valence-electron chi connectivity index (χ2n) is 4.86. The topological polar surface area (TPSA) is 34.1 Å². The molecule has 0 N–H and O–H groups in total. The molecule has 1 aliphatic heterocycles. The summed E-state index contributed by atoms with van der Waals surface area (Å²) in [6, 6.07) is 6.11. The van der Waals surface area contributed by atoms with Crippen molar-refractivity contribution in [3.05, 3.63) is 29.3 Å². The number of rotatable bonds is 4. The van der Waals surface area contributed by atoms with Gasteiger partial charge in [-0.2, -0.15) is 0 Å².